The Bertz CT molecular complexity index is 189. The predicted molar refractivity (Wildman–Crippen MR) is 56.5 cm³/mol. The van der Waals surface area contributed by atoms with Gasteiger partial charge >= 0.3 is 0 Å². The number of carbonyl (C=O) groups is 1. The molecule has 2 N–H and O–H groups in total. The van der Waals surface area contributed by atoms with Gasteiger partial charge in [0.1, 0.15) is 0 Å². The number of methoxy groups -OCH3 is 2. The quantitative estimate of drug-likeness (QED) is 0.607. The van der Waals surface area contributed by atoms with E-state index < -0.39 is 0 Å². The molecule has 1 unspecified atom stereocenters. The topological polar surface area (TPSA) is 59.6 Å². The lowest BCUT2D eigenvalue weighted by Gasteiger charge is -2.15. The van der Waals surface area contributed by atoms with E-state index in [2.05, 4.69) is 10.6 Å². The van der Waals surface area contributed by atoms with Gasteiger partial charge in [-0.2, -0.15) is 0 Å². The second-order valence-electron chi connectivity index (χ2n) is 3.70. The lowest BCUT2D eigenvalue weighted by atomic mass is 10.1. The van der Waals surface area contributed by atoms with Crippen molar-refractivity contribution < 1.29 is 14.3 Å². The average molecular weight is 216 g/mol. The van der Waals surface area contributed by atoms with Crippen LogP contribution in [-0.4, -0.2) is 45.5 Å². The molecule has 1 atom stereocenters. The van der Waals surface area contributed by atoms with E-state index in [-0.39, 0.29) is 12.2 Å². The van der Waals surface area contributed by atoms with Crippen LogP contribution in [0.4, 0.5) is 0 Å². The summed E-state index contributed by atoms with van der Waals surface area (Å²) in [6.45, 7) is 1.43. The van der Waals surface area contributed by atoms with Gasteiger partial charge in [-0.25, -0.2) is 0 Å². The van der Waals surface area contributed by atoms with Gasteiger partial charge in [0.15, 0.2) is 6.29 Å². The Morgan fingerprint density at radius 3 is 2.80 bits per heavy atom. The Morgan fingerprint density at radius 2 is 2.27 bits per heavy atom. The van der Waals surface area contributed by atoms with Crippen molar-refractivity contribution in [2.75, 3.05) is 27.3 Å². The summed E-state index contributed by atoms with van der Waals surface area (Å²) in [4.78, 5) is 11.5. The molecule has 1 rings (SSSR count). The molecule has 15 heavy (non-hydrogen) atoms. The molecule has 0 aromatic carbocycles. The Labute approximate surface area is 90.5 Å². The van der Waals surface area contributed by atoms with E-state index >= 15 is 0 Å². The van der Waals surface area contributed by atoms with Crippen molar-refractivity contribution in [2.24, 2.45) is 0 Å². The van der Waals surface area contributed by atoms with Crippen LogP contribution in [0, 0.1) is 0 Å². The molecule has 0 aromatic heterocycles. The molecule has 0 aliphatic carbocycles. The molecular formula is C10H20N2O3. The first-order valence-electron chi connectivity index (χ1n) is 5.32. The van der Waals surface area contributed by atoms with Crippen molar-refractivity contribution in [3.8, 4) is 0 Å². The van der Waals surface area contributed by atoms with E-state index in [4.69, 9.17) is 9.47 Å². The van der Waals surface area contributed by atoms with Crippen molar-refractivity contribution >= 4 is 5.91 Å². The maximum absolute atomic E-state index is 11.5. The van der Waals surface area contributed by atoms with E-state index in [0.717, 1.165) is 19.4 Å². The number of amides is 1. The smallest absolute Gasteiger partial charge is 0.221 e. The van der Waals surface area contributed by atoms with E-state index in [0.29, 0.717) is 19.0 Å². The van der Waals surface area contributed by atoms with Crippen molar-refractivity contribution in [2.45, 2.75) is 31.6 Å². The highest BCUT2D eigenvalue weighted by molar-refractivity contribution is 5.76. The lowest BCUT2D eigenvalue weighted by Crippen LogP contribution is -2.37. The van der Waals surface area contributed by atoms with Crippen LogP contribution in [0.25, 0.3) is 0 Å². The van der Waals surface area contributed by atoms with Crippen LogP contribution in [0.3, 0.4) is 0 Å². The number of nitrogens with one attached hydrogen (secondary N) is 2. The summed E-state index contributed by atoms with van der Waals surface area (Å²) < 4.78 is 9.93. The molecule has 5 heteroatoms. The average Bonchev–Trinajstić information content (AvgIpc) is 2.72. The highest BCUT2D eigenvalue weighted by Gasteiger charge is 2.17. The third kappa shape index (κ3) is 4.59. The molecular weight excluding hydrogens is 196 g/mol. The fourth-order valence-corrected chi connectivity index (χ4v) is 1.69. The molecule has 0 aromatic rings. The summed E-state index contributed by atoms with van der Waals surface area (Å²) in [5.74, 6) is 0.0495. The molecule has 0 bridgehead atoms. The number of rotatable bonds is 6. The summed E-state index contributed by atoms with van der Waals surface area (Å²) in [5, 5.41) is 6.06. The zero-order valence-corrected chi connectivity index (χ0v) is 9.41. The molecule has 1 fully saturated rings. The fraction of sp³-hybridized carbons (Fsp3) is 0.900. The van der Waals surface area contributed by atoms with Gasteiger partial charge in [0.2, 0.25) is 5.91 Å². The standard InChI is InChI=1S/C10H20N2O3/c1-14-10(15-2)7-12-9(13)6-8-4-3-5-11-8/h8,10-11H,3-7H2,1-2H3,(H,12,13). The van der Waals surface area contributed by atoms with Crippen LogP contribution in [0.2, 0.25) is 0 Å². The Hall–Kier alpha value is -0.650. The Kier molecular flexibility index (Phi) is 5.60. The molecule has 1 amide bonds. The monoisotopic (exact) mass is 216 g/mol. The van der Waals surface area contributed by atoms with E-state index in [1.165, 1.54) is 0 Å². The molecule has 0 saturated carbocycles. The highest BCUT2D eigenvalue weighted by atomic mass is 16.7. The van der Waals surface area contributed by atoms with Gasteiger partial charge in [-0.15, -0.1) is 0 Å². The summed E-state index contributed by atoms with van der Waals surface area (Å²) in [6.07, 6.45) is 2.44. The third-order valence-electron chi connectivity index (χ3n) is 2.59. The third-order valence-corrected chi connectivity index (χ3v) is 2.59. The van der Waals surface area contributed by atoms with Crippen molar-refractivity contribution in [3.05, 3.63) is 0 Å². The molecule has 5 nitrogen and oxygen atoms in total. The predicted octanol–water partition coefficient (Wildman–Crippen LogP) is -0.136. The molecule has 0 spiro atoms. The van der Waals surface area contributed by atoms with Crippen molar-refractivity contribution in [1.82, 2.24) is 10.6 Å². The molecule has 0 radical (unpaired) electrons. The molecule has 1 heterocycles. The van der Waals surface area contributed by atoms with Crippen molar-refractivity contribution in [3.63, 3.8) is 0 Å². The summed E-state index contributed by atoms with van der Waals surface area (Å²) >= 11 is 0. The van der Waals surface area contributed by atoms with Crippen LogP contribution in [-0.2, 0) is 14.3 Å². The normalized spacial score (nSPS) is 20.9. The van der Waals surface area contributed by atoms with E-state index in [1.807, 2.05) is 0 Å². The summed E-state index contributed by atoms with van der Waals surface area (Å²) in [6, 6.07) is 0.341. The number of hydrogen-bond acceptors (Lipinski definition) is 4. The van der Waals surface area contributed by atoms with Crippen LogP contribution < -0.4 is 10.6 Å². The van der Waals surface area contributed by atoms with Gasteiger partial charge in [-0.3, -0.25) is 4.79 Å². The summed E-state index contributed by atoms with van der Waals surface area (Å²) in [5.41, 5.74) is 0. The van der Waals surface area contributed by atoms with Crippen LogP contribution in [0.15, 0.2) is 0 Å². The van der Waals surface area contributed by atoms with E-state index in [1.54, 1.807) is 14.2 Å². The second-order valence-corrected chi connectivity index (χ2v) is 3.70. The van der Waals surface area contributed by atoms with E-state index in [9.17, 15) is 4.79 Å². The summed E-state index contributed by atoms with van der Waals surface area (Å²) in [7, 11) is 3.11. The minimum absolute atomic E-state index is 0.0495. The van der Waals surface area contributed by atoms with Gasteiger partial charge in [0.25, 0.3) is 0 Å². The van der Waals surface area contributed by atoms with Crippen molar-refractivity contribution in [1.29, 1.82) is 0 Å². The van der Waals surface area contributed by atoms with Gasteiger partial charge < -0.3 is 20.1 Å². The first-order chi connectivity index (χ1) is 7.26. The zero-order chi connectivity index (χ0) is 11.1. The minimum atomic E-state index is -0.356. The highest BCUT2D eigenvalue weighted by Crippen LogP contribution is 2.08. The zero-order valence-electron chi connectivity index (χ0n) is 9.41. The van der Waals surface area contributed by atoms with Gasteiger partial charge in [0, 0.05) is 26.7 Å². The fourth-order valence-electron chi connectivity index (χ4n) is 1.69. The van der Waals surface area contributed by atoms with Crippen LogP contribution >= 0.6 is 0 Å². The SMILES string of the molecule is COC(CNC(=O)CC1CCCN1)OC. The Morgan fingerprint density at radius 1 is 1.53 bits per heavy atom. The second kappa shape index (κ2) is 6.76. The number of hydrogen-bond donors (Lipinski definition) is 2. The molecule has 1 saturated heterocycles. The van der Waals surface area contributed by atoms with Crippen LogP contribution in [0.1, 0.15) is 19.3 Å². The minimum Gasteiger partial charge on any atom is -0.354 e. The van der Waals surface area contributed by atoms with Gasteiger partial charge in [-0.05, 0) is 19.4 Å². The van der Waals surface area contributed by atoms with Gasteiger partial charge in [0.05, 0.1) is 6.54 Å². The first-order valence-corrected chi connectivity index (χ1v) is 5.32. The number of ether oxygens (including phenoxy) is 2. The number of carbonyl (C=O) groups excluding carboxylic acids is 1. The van der Waals surface area contributed by atoms with Crippen LogP contribution in [0.5, 0.6) is 0 Å². The molecule has 1 aliphatic heterocycles. The maximum Gasteiger partial charge on any atom is 0.221 e. The Balaban J connectivity index is 2.12. The lowest BCUT2D eigenvalue weighted by molar-refractivity contribution is -0.127. The molecule has 88 valence electrons. The largest absolute Gasteiger partial charge is 0.354 e. The first kappa shape index (κ1) is 12.4. The van der Waals surface area contributed by atoms with Gasteiger partial charge in [-0.1, -0.05) is 0 Å². The molecule has 1 aliphatic rings. The maximum atomic E-state index is 11.5.